The summed E-state index contributed by atoms with van der Waals surface area (Å²) in [6.45, 7) is 8.91. The standard InChI is InChI=1S/C22H24N4O/c1-13-9-20-21(10-14(13)2)26(12-19-15(3)25-27-16(19)4)22(24-20)11-17-5-7-18(23)8-6-17/h5-10H,11-12,23H2,1-4H3. The van der Waals surface area contributed by atoms with E-state index in [9.17, 15) is 0 Å². The van der Waals surface area contributed by atoms with Gasteiger partial charge < -0.3 is 14.8 Å². The van der Waals surface area contributed by atoms with E-state index in [0.29, 0.717) is 6.54 Å². The normalized spacial score (nSPS) is 11.4. The lowest BCUT2D eigenvalue weighted by Crippen LogP contribution is -2.07. The fraction of sp³-hybridized carbons (Fsp3) is 0.273. The summed E-state index contributed by atoms with van der Waals surface area (Å²) in [5, 5.41) is 4.11. The second-order valence-electron chi connectivity index (χ2n) is 7.26. The summed E-state index contributed by atoms with van der Waals surface area (Å²) in [6, 6.07) is 12.4. The lowest BCUT2D eigenvalue weighted by Gasteiger charge is -2.10. The molecular formula is C22H24N4O. The average Bonchev–Trinajstić information content (AvgIpc) is 3.12. The van der Waals surface area contributed by atoms with Crippen LogP contribution in [0.4, 0.5) is 5.69 Å². The Morgan fingerprint density at radius 3 is 2.37 bits per heavy atom. The number of benzene rings is 2. The molecular weight excluding hydrogens is 336 g/mol. The molecule has 2 aromatic carbocycles. The second-order valence-corrected chi connectivity index (χ2v) is 7.26. The number of nitrogens with zero attached hydrogens (tertiary/aromatic N) is 3. The molecule has 138 valence electrons. The van der Waals surface area contributed by atoms with E-state index in [-0.39, 0.29) is 0 Å². The highest BCUT2D eigenvalue weighted by atomic mass is 16.5. The molecule has 5 nitrogen and oxygen atoms in total. The summed E-state index contributed by atoms with van der Waals surface area (Å²) in [6.07, 6.45) is 0.746. The van der Waals surface area contributed by atoms with E-state index in [1.807, 2.05) is 26.0 Å². The lowest BCUT2D eigenvalue weighted by atomic mass is 10.1. The monoisotopic (exact) mass is 360 g/mol. The van der Waals surface area contributed by atoms with Crippen molar-refractivity contribution in [2.75, 3.05) is 5.73 Å². The second kappa shape index (κ2) is 6.58. The fourth-order valence-corrected chi connectivity index (χ4v) is 3.45. The molecule has 0 aliphatic carbocycles. The van der Waals surface area contributed by atoms with Crippen molar-refractivity contribution in [1.82, 2.24) is 14.7 Å². The first-order valence-electron chi connectivity index (χ1n) is 9.15. The highest BCUT2D eigenvalue weighted by Gasteiger charge is 2.17. The first-order valence-corrected chi connectivity index (χ1v) is 9.15. The van der Waals surface area contributed by atoms with Gasteiger partial charge in [-0.3, -0.25) is 0 Å². The van der Waals surface area contributed by atoms with Gasteiger partial charge in [0.15, 0.2) is 0 Å². The van der Waals surface area contributed by atoms with Crippen molar-refractivity contribution in [3.05, 3.63) is 75.9 Å². The average molecular weight is 360 g/mol. The number of nitrogens with two attached hydrogens (primary N) is 1. The number of aryl methyl sites for hydroxylation is 4. The number of anilines is 1. The first kappa shape index (κ1) is 17.3. The molecule has 4 aromatic rings. The van der Waals surface area contributed by atoms with E-state index in [4.69, 9.17) is 15.2 Å². The van der Waals surface area contributed by atoms with Crippen LogP contribution < -0.4 is 5.73 Å². The highest BCUT2D eigenvalue weighted by molar-refractivity contribution is 5.78. The predicted octanol–water partition coefficient (Wildman–Crippen LogP) is 4.48. The third kappa shape index (κ3) is 3.21. The summed E-state index contributed by atoms with van der Waals surface area (Å²) in [4.78, 5) is 4.95. The Morgan fingerprint density at radius 1 is 1.00 bits per heavy atom. The summed E-state index contributed by atoms with van der Waals surface area (Å²) < 4.78 is 7.66. The van der Waals surface area contributed by atoms with Crippen molar-refractivity contribution in [2.24, 2.45) is 0 Å². The number of hydrogen-bond acceptors (Lipinski definition) is 4. The van der Waals surface area contributed by atoms with Crippen LogP contribution in [0.5, 0.6) is 0 Å². The maximum Gasteiger partial charge on any atom is 0.138 e. The molecule has 0 radical (unpaired) electrons. The molecule has 27 heavy (non-hydrogen) atoms. The van der Waals surface area contributed by atoms with E-state index in [1.165, 1.54) is 16.7 Å². The Balaban J connectivity index is 1.84. The number of imidazole rings is 1. The zero-order valence-corrected chi connectivity index (χ0v) is 16.2. The van der Waals surface area contributed by atoms with Gasteiger partial charge in [0, 0.05) is 17.7 Å². The molecule has 0 saturated heterocycles. The Labute approximate surface area is 158 Å². The quantitative estimate of drug-likeness (QED) is 0.545. The van der Waals surface area contributed by atoms with E-state index in [1.54, 1.807) is 0 Å². The zero-order chi connectivity index (χ0) is 19.1. The predicted molar refractivity (Wildman–Crippen MR) is 108 cm³/mol. The van der Waals surface area contributed by atoms with Gasteiger partial charge in [-0.15, -0.1) is 0 Å². The van der Waals surface area contributed by atoms with Crippen LogP contribution in [0.1, 0.15) is 39.5 Å². The molecule has 0 amide bonds. The molecule has 0 aliphatic heterocycles. The molecule has 5 heteroatoms. The fourth-order valence-electron chi connectivity index (χ4n) is 3.45. The minimum absolute atomic E-state index is 0.699. The Hall–Kier alpha value is -3.08. The molecule has 2 heterocycles. The highest BCUT2D eigenvalue weighted by Crippen LogP contribution is 2.25. The molecule has 0 spiro atoms. The Kier molecular flexibility index (Phi) is 4.22. The molecule has 0 bridgehead atoms. The molecule has 0 unspecified atom stereocenters. The Bertz CT molecular complexity index is 1100. The minimum Gasteiger partial charge on any atom is -0.399 e. The Morgan fingerprint density at radius 2 is 1.70 bits per heavy atom. The topological polar surface area (TPSA) is 69.9 Å². The smallest absolute Gasteiger partial charge is 0.138 e. The molecule has 0 fully saturated rings. The van der Waals surface area contributed by atoms with Crippen molar-refractivity contribution in [3.63, 3.8) is 0 Å². The molecule has 0 atom stereocenters. The van der Waals surface area contributed by atoms with Gasteiger partial charge in [-0.05, 0) is 68.7 Å². The number of nitrogen functional groups attached to an aromatic ring is 1. The third-order valence-corrected chi connectivity index (χ3v) is 5.28. The zero-order valence-electron chi connectivity index (χ0n) is 16.2. The van der Waals surface area contributed by atoms with Crippen molar-refractivity contribution >= 4 is 16.7 Å². The largest absolute Gasteiger partial charge is 0.399 e. The number of fused-ring (bicyclic) bond motifs is 1. The van der Waals surface area contributed by atoms with E-state index >= 15 is 0 Å². The first-order chi connectivity index (χ1) is 12.9. The van der Waals surface area contributed by atoms with Crippen molar-refractivity contribution < 1.29 is 4.52 Å². The van der Waals surface area contributed by atoms with Gasteiger partial charge in [0.25, 0.3) is 0 Å². The minimum atomic E-state index is 0.699. The van der Waals surface area contributed by atoms with E-state index in [0.717, 1.165) is 46.0 Å². The van der Waals surface area contributed by atoms with Crippen LogP contribution in [0.3, 0.4) is 0 Å². The molecule has 4 rings (SSSR count). The summed E-state index contributed by atoms with van der Waals surface area (Å²) >= 11 is 0. The summed E-state index contributed by atoms with van der Waals surface area (Å²) in [5.74, 6) is 1.89. The molecule has 2 aromatic heterocycles. The number of aromatic nitrogens is 3. The summed E-state index contributed by atoms with van der Waals surface area (Å²) in [7, 11) is 0. The maximum atomic E-state index is 5.83. The van der Waals surface area contributed by atoms with Gasteiger partial charge in [-0.25, -0.2) is 4.98 Å². The van der Waals surface area contributed by atoms with Crippen LogP contribution >= 0.6 is 0 Å². The maximum absolute atomic E-state index is 5.83. The van der Waals surface area contributed by atoms with Gasteiger partial charge in [0.05, 0.1) is 23.3 Å². The van der Waals surface area contributed by atoms with Gasteiger partial charge >= 0.3 is 0 Å². The van der Waals surface area contributed by atoms with Gasteiger partial charge in [-0.2, -0.15) is 0 Å². The van der Waals surface area contributed by atoms with Crippen molar-refractivity contribution in [1.29, 1.82) is 0 Å². The van der Waals surface area contributed by atoms with E-state index < -0.39 is 0 Å². The van der Waals surface area contributed by atoms with Crippen LogP contribution in [0.25, 0.3) is 11.0 Å². The van der Waals surface area contributed by atoms with Crippen LogP contribution in [0.2, 0.25) is 0 Å². The summed E-state index contributed by atoms with van der Waals surface area (Å²) in [5.41, 5.74) is 14.5. The van der Waals surface area contributed by atoms with Crippen molar-refractivity contribution in [3.8, 4) is 0 Å². The number of hydrogen-bond donors (Lipinski definition) is 1. The van der Waals surface area contributed by atoms with Crippen molar-refractivity contribution in [2.45, 2.75) is 40.7 Å². The number of rotatable bonds is 4. The van der Waals surface area contributed by atoms with Gasteiger partial charge in [0.1, 0.15) is 11.6 Å². The van der Waals surface area contributed by atoms with E-state index in [2.05, 4.69) is 47.8 Å². The third-order valence-electron chi connectivity index (χ3n) is 5.28. The molecule has 2 N–H and O–H groups in total. The SMILES string of the molecule is Cc1cc2nc(Cc3ccc(N)cc3)n(Cc3c(C)noc3C)c2cc1C. The lowest BCUT2D eigenvalue weighted by molar-refractivity contribution is 0.392. The molecule has 0 saturated carbocycles. The van der Waals surface area contributed by atoms with Crippen LogP contribution in [-0.2, 0) is 13.0 Å². The van der Waals surface area contributed by atoms with Gasteiger partial charge in [0.2, 0.25) is 0 Å². The molecule has 0 aliphatic rings. The van der Waals surface area contributed by atoms with Crippen LogP contribution in [0.15, 0.2) is 40.9 Å². The van der Waals surface area contributed by atoms with Gasteiger partial charge in [-0.1, -0.05) is 17.3 Å². The van der Waals surface area contributed by atoms with Crippen LogP contribution in [0, 0.1) is 27.7 Å². The van der Waals surface area contributed by atoms with Crippen LogP contribution in [-0.4, -0.2) is 14.7 Å².